The molecule has 0 saturated carbocycles. The van der Waals surface area contributed by atoms with E-state index in [4.69, 9.17) is 11.6 Å². The summed E-state index contributed by atoms with van der Waals surface area (Å²) in [5.74, 6) is 0. The summed E-state index contributed by atoms with van der Waals surface area (Å²) in [7, 11) is 0. The molecule has 6 nitrogen and oxygen atoms in total. The van der Waals surface area contributed by atoms with E-state index in [1.165, 1.54) is 0 Å². The standard InChI is InChI=1S/C12H19ClN6/c1-4-5-14-11(10-7-15-18-17-10)12-9(13)6-16-19(12)8(2)3/h6-8,11,14H,4-5H2,1-3H3,(H,15,17,18). The lowest BCUT2D eigenvalue weighted by atomic mass is 10.1. The highest BCUT2D eigenvalue weighted by molar-refractivity contribution is 6.31. The number of halogens is 1. The van der Waals surface area contributed by atoms with Gasteiger partial charge < -0.3 is 5.32 Å². The first kappa shape index (κ1) is 14.0. The van der Waals surface area contributed by atoms with Gasteiger partial charge in [-0.1, -0.05) is 18.5 Å². The van der Waals surface area contributed by atoms with Crippen LogP contribution in [0.15, 0.2) is 12.4 Å². The third-order valence-corrected chi connectivity index (χ3v) is 3.17. The van der Waals surface area contributed by atoms with Crippen LogP contribution in [0.3, 0.4) is 0 Å². The molecule has 19 heavy (non-hydrogen) atoms. The van der Waals surface area contributed by atoms with Crippen LogP contribution < -0.4 is 5.32 Å². The minimum absolute atomic E-state index is 0.101. The Morgan fingerprint density at radius 3 is 2.79 bits per heavy atom. The molecule has 2 N–H and O–H groups in total. The minimum atomic E-state index is -0.101. The predicted molar refractivity (Wildman–Crippen MR) is 74.1 cm³/mol. The molecular weight excluding hydrogens is 264 g/mol. The largest absolute Gasteiger partial charge is 0.304 e. The number of hydrogen-bond acceptors (Lipinski definition) is 4. The first-order chi connectivity index (χ1) is 9.15. The van der Waals surface area contributed by atoms with E-state index in [0.29, 0.717) is 5.02 Å². The van der Waals surface area contributed by atoms with Gasteiger partial charge in [-0.2, -0.15) is 20.5 Å². The number of H-pyrrole nitrogens is 1. The lowest BCUT2D eigenvalue weighted by Gasteiger charge is -2.20. The van der Waals surface area contributed by atoms with Gasteiger partial charge in [0.25, 0.3) is 0 Å². The Labute approximate surface area is 117 Å². The van der Waals surface area contributed by atoms with Crippen molar-refractivity contribution in [2.75, 3.05) is 6.54 Å². The topological polar surface area (TPSA) is 71.4 Å². The molecule has 1 unspecified atom stereocenters. The zero-order chi connectivity index (χ0) is 13.8. The molecule has 104 valence electrons. The van der Waals surface area contributed by atoms with Crippen LogP contribution in [0.2, 0.25) is 5.02 Å². The fraction of sp³-hybridized carbons (Fsp3) is 0.583. The lowest BCUT2D eigenvalue weighted by Crippen LogP contribution is -2.27. The number of nitrogens with zero attached hydrogens (tertiary/aromatic N) is 4. The third-order valence-electron chi connectivity index (χ3n) is 2.88. The molecule has 0 amide bonds. The van der Waals surface area contributed by atoms with Crippen molar-refractivity contribution in [3.8, 4) is 0 Å². The van der Waals surface area contributed by atoms with Gasteiger partial charge in [0.1, 0.15) is 5.69 Å². The number of rotatable bonds is 6. The minimum Gasteiger partial charge on any atom is -0.304 e. The normalized spacial score (nSPS) is 13.1. The highest BCUT2D eigenvalue weighted by Crippen LogP contribution is 2.28. The Kier molecular flexibility index (Phi) is 4.55. The Morgan fingerprint density at radius 1 is 1.42 bits per heavy atom. The molecule has 0 aromatic carbocycles. The average molecular weight is 283 g/mol. The Bertz CT molecular complexity index is 504. The summed E-state index contributed by atoms with van der Waals surface area (Å²) in [5, 5.41) is 19.1. The summed E-state index contributed by atoms with van der Waals surface area (Å²) in [6, 6.07) is 0.136. The van der Waals surface area contributed by atoms with Gasteiger partial charge in [-0.25, -0.2) is 0 Å². The maximum Gasteiger partial charge on any atom is 0.106 e. The van der Waals surface area contributed by atoms with E-state index in [9.17, 15) is 0 Å². The van der Waals surface area contributed by atoms with Crippen LogP contribution in [0.25, 0.3) is 0 Å². The summed E-state index contributed by atoms with van der Waals surface area (Å²) in [6.07, 6.45) is 4.42. The molecule has 7 heteroatoms. The van der Waals surface area contributed by atoms with Crippen LogP contribution in [0.5, 0.6) is 0 Å². The number of aromatic amines is 1. The van der Waals surface area contributed by atoms with E-state index in [-0.39, 0.29) is 12.1 Å². The van der Waals surface area contributed by atoms with Crippen molar-refractivity contribution in [3.05, 3.63) is 28.8 Å². The van der Waals surface area contributed by atoms with E-state index in [1.807, 2.05) is 4.68 Å². The van der Waals surface area contributed by atoms with Crippen molar-refractivity contribution in [1.82, 2.24) is 30.5 Å². The zero-order valence-electron chi connectivity index (χ0n) is 11.4. The van der Waals surface area contributed by atoms with Crippen LogP contribution in [-0.4, -0.2) is 31.7 Å². The smallest absolute Gasteiger partial charge is 0.106 e. The molecule has 0 saturated heterocycles. The van der Waals surface area contributed by atoms with Gasteiger partial charge in [0.2, 0.25) is 0 Å². The SMILES string of the molecule is CCCNC(c1cn[nH]n1)c1c(Cl)cnn1C(C)C. The van der Waals surface area contributed by atoms with Crippen molar-refractivity contribution in [3.63, 3.8) is 0 Å². The molecule has 0 aliphatic heterocycles. The van der Waals surface area contributed by atoms with Gasteiger partial charge in [-0.15, -0.1) is 0 Å². The lowest BCUT2D eigenvalue weighted by molar-refractivity contribution is 0.468. The van der Waals surface area contributed by atoms with E-state index >= 15 is 0 Å². The molecule has 1 atom stereocenters. The summed E-state index contributed by atoms with van der Waals surface area (Å²) in [6.45, 7) is 7.14. The van der Waals surface area contributed by atoms with Crippen LogP contribution in [0.4, 0.5) is 0 Å². The van der Waals surface area contributed by atoms with Crippen LogP contribution in [0.1, 0.15) is 50.7 Å². The molecular formula is C12H19ClN6. The Balaban J connectivity index is 2.40. The highest BCUT2D eigenvalue weighted by atomic mass is 35.5. The second-order valence-electron chi connectivity index (χ2n) is 4.70. The Hall–Kier alpha value is -1.40. The van der Waals surface area contributed by atoms with Crippen molar-refractivity contribution >= 4 is 11.6 Å². The first-order valence-electron chi connectivity index (χ1n) is 6.47. The maximum atomic E-state index is 6.30. The van der Waals surface area contributed by atoms with E-state index in [1.54, 1.807) is 12.4 Å². The van der Waals surface area contributed by atoms with Crippen LogP contribution in [-0.2, 0) is 0 Å². The zero-order valence-corrected chi connectivity index (χ0v) is 12.1. The molecule has 0 spiro atoms. The first-order valence-corrected chi connectivity index (χ1v) is 6.84. The molecule has 0 bridgehead atoms. The van der Waals surface area contributed by atoms with Gasteiger partial charge in [-0.3, -0.25) is 4.68 Å². The van der Waals surface area contributed by atoms with Crippen molar-refractivity contribution < 1.29 is 0 Å². The van der Waals surface area contributed by atoms with E-state index in [2.05, 4.69) is 46.6 Å². The summed E-state index contributed by atoms with van der Waals surface area (Å²) < 4.78 is 1.92. The van der Waals surface area contributed by atoms with Gasteiger partial charge >= 0.3 is 0 Å². The Morgan fingerprint density at radius 2 is 2.21 bits per heavy atom. The monoisotopic (exact) mass is 282 g/mol. The molecule has 2 rings (SSSR count). The molecule has 0 radical (unpaired) electrons. The second kappa shape index (κ2) is 6.16. The molecule has 0 aliphatic rings. The van der Waals surface area contributed by atoms with Gasteiger partial charge in [0.15, 0.2) is 0 Å². The molecule has 2 heterocycles. The molecule has 2 aromatic heterocycles. The summed E-state index contributed by atoms with van der Waals surface area (Å²) in [4.78, 5) is 0. The number of aromatic nitrogens is 5. The highest BCUT2D eigenvalue weighted by Gasteiger charge is 2.24. The molecule has 0 aliphatic carbocycles. The predicted octanol–water partition coefficient (Wildman–Crippen LogP) is 2.32. The van der Waals surface area contributed by atoms with E-state index in [0.717, 1.165) is 24.4 Å². The average Bonchev–Trinajstić information content (AvgIpc) is 3.01. The van der Waals surface area contributed by atoms with Crippen LogP contribution >= 0.6 is 11.6 Å². The molecule has 2 aromatic rings. The van der Waals surface area contributed by atoms with Gasteiger partial charge in [0.05, 0.1) is 29.2 Å². The quantitative estimate of drug-likeness (QED) is 0.853. The van der Waals surface area contributed by atoms with Crippen molar-refractivity contribution in [2.45, 2.75) is 39.3 Å². The van der Waals surface area contributed by atoms with Crippen molar-refractivity contribution in [2.24, 2.45) is 0 Å². The fourth-order valence-corrected chi connectivity index (χ4v) is 2.25. The van der Waals surface area contributed by atoms with Gasteiger partial charge in [-0.05, 0) is 26.8 Å². The second-order valence-corrected chi connectivity index (χ2v) is 5.11. The summed E-state index contributed by atoms with van der Waals surface area (Å²) >= 11 is 6.30. The van der Waals surface area contributed by atoms with E-state index < -0.39 is 0 Å². The van der Waals surface area contributed by atoms with Gasteiger partial charge in [0, 0.05) is 6.04 Å². The number of nitrogens with one attached hydrogen (secondary N) is 2. The number of hydrogen-bond donors (Lipinski definition) is 2. The van der Waals surface area contributed by atoms with Crippen molar-refractivity contribution in [1.29, 1.82) is 0 Å². The summed E-state index contributed by atoms with van der Waals surface area (Å²) in [5.41, 5.74) is 1.75. The van der Waals surface area contributed by atoms with Crippen LogP contribution in [0, 0.1) is 0 Å². The maximum absolute atomic E-state index is 6.30. The molecule has 0 fully saturated rings. The fourth-order valence-electron chi connectivity index (χ4n) is 2.01. The third kappa shape index (κ3) is 2.96.